The quantitative estimate of drug-likeness (QED) is 0.152. The third kappa shape index (κ3) is 7.69. The van der Waals surface area contributed by atoms with E-state index in [1.54, 1.807) is 42.7 Å². The van der Waals surface area contributed by atoms with Crippen LogP contribution >= 0.6 is 0 Å². The van der Waals surface area contributed by atoms with E-state index in [2.05, 4.69) is 48.5 Å². The maximum Gasteiger partial charge on any atom is 0.161 e. The van der Waals surface area contributed by atoms with Crippen molar-refractivity contribution in [1.29, 1.82) is 0 Å². The van der Waals surface area contributed by atoms with Crippen molar-refractivity contribution in [1.82, 2.24) is 0 Å². The lowest BCUT2D eigenvalue weighted by atomic mass is 9.92. The number of ether oxygens (including phenoxy) is 6. The summed E-state index contributed by atoms with van der Waals surface area (Å²) in [5.74, 6) is 4.71. The molecule has 0 saturated heterocycles. The Bertz CT molecular complexity index is 1320. The van der Waals surface area contributed by atoms with E-state index in [9.17, 15) is 0 Å². The predicted octanol–water partition coefficient (Wildman–Crippen LogP) is 7.09. The Balaban J connectivity index is 1.59. The second-order valence-corrected chi connectivity index (χ2v) is 10.1. The van der Waals surface area contributed by atoms with E-state index >= 15 is 0 Å². The summed E-state index contributed by atoms with van der Waals surface area (Å²) in [7, 11) is 10.1. The Hall–Kier alpha value is -4.32. The third-order valence-corrected chi connectivity index (χ3v) is 7.76. The lowest BCUT2D eigenvalue weighted by molar-refractivity contribution is 0.353. The first kappa shape index (κ1) is 30.6. The molecule has 0 heterocycles. The molecule has 4 rings (SSSR count). The minimum Gasteiger partial charge on any atom is -0.497 e. The second-order valence-electron chi connectivity index (χ2n) is 10.1. The fraction of sp³-hybridized carbons (Fsp3) is 0.333. The smallest absolute Gasteiger partial charge is 0.161 e. The summed E-state index contributed by atoms with van der Waals surface area (Å²) in [4.78, 5) is 0. The lowest BCUT2D eigenvalue weighted by Crippen LogP contribution is -2.05. The van der Waals surface area contributed by atoms with Crippen LogP contribution in [0.4, 0.5) is 0 Å². The van der Waals surface area contributed by atoms with Crippen LogP contribution in [0.1, 0.15) is 33.4 Å². The molecule has 0 aromatic heterocycles. The van der Waals surface area contributed by atoms with Crippen molar-refractivity contribution in [2.24, 2.45) is 0 Å². The van der Waals surface area contributed by atoms with Gasteiger partial charge in [-0.3, -0.25) is 0 Å². The second kappa shape index (κ2) is 15.1. The molecule has 0 bridgehead atoms. The van der Waals surface area contributed by atoms with Gasteiger partial charge in [-0.15, -0.1) is 0 Å². The minimum absolute atomic E-state index is 0.743. The van der Waals surface area contributed by atoms with E-state index in [4.69, 9.17) is 28.4 Å². The summed E-state index contributed by atoms with van der Waals surface area (Å²) in [6.07, 6.45) is 5.30. The van der Waals surface area contributed by atoms with Crippen LogP contribution < -0.4 is 28.4 Å². The molecule has 0 fully saturated rings. The molecule has 6 nitrogen and oxygen atoms in total. The molecule has 0 spiro atoms. The van der Waals surface area contributed by atoms with Crippen molar-refractivity contribution in [3.05, 3.63) is 106 Å². The highest BCUT2D eigenvalue weighted by Gasteiger charge is 2.15. The van der Waals surface area contributed by atoms with Gasteiger partial charge in [0.25, 0.3) is 0 Å². The van der Waals surface area contributed by atoms with Crippen LogP contribution in [0.5, 0.6) is 34.5 Å². The largest absolute Gasteiger partial charge is 0.497 e. The summed E-state index contributed by atoms with van der Waals surface area (Å²) in [5, 5.41) is 0. The molecule has 6 heteroatoms. The zero-order chi connectivity index (χ0) is 29.9. The summed E-state index contributed by atoms with van der Waals surface area (Å²) in [6, 6.07) is 25.0. The molecule has 4 aromatic rings. The van der Waals surface area contributed by atoms with Gasteiger partial charge in [0.05, 0.1) is 42.7 Å². The Morgan fingerprint density at radius 1 is 0.333 bits per heavy atom. The molecule has 0 aliphatic carbocycles. The summed E-state index contributed by atoms with van der Waals surface area (Å²) < 4.78 is 33.3. The average molecular weight is 571 g/mol. The lowest BCUT2D eigenvalue weighted by Gasteiger charge is -2.18. The standard InChI is InChI=1S/C36H42O6/c1-37-31-17-9-25(10-18-31)7-13-27-21-33(39-3)35(41-5)23-29(27)15-16-30-24-36(42-6)34(40-4)22-28(30)14-8-26-11-19-32(38-2)20-12-26/h9-12,17-24H,7-8,13-16H2,1-6H3. The SMILES string of the molecule is COc1ccc(CCc2cc(OC)c(OC)cc2CCc2cc(OC)c(OC)cc2CCc2ccc(OC)cc2)cc1. The van der Waals surface area contributed by atoms with Gasteiger partial charge in [-0.05, 0) is 120 Å². The summed E-state index contributed by atoms with van der Waals surface area (Å²) in [6.45, 7) is 0. The van der Waals surface area contributed by atoms with Crippen molar-refractivity contribution in [3.63, 3.8) is 0 Å². The third-order valence-electron chi connectivity index (χ3n) is 7.76. The highest BCUT2D eigenvalue weighted by atomic mass is 16.5. The normalized spacial score (nSPS) is 10.7. The van der Waals surface area contributed by atoms with Crippen LogP contribution in [0.3, 0.4) is 0 Å². The zero-order valence-corrected chi connectivity index (χ0v) is 25.6. The average Bonchev–Trinajstić information content (AvgIpc) is 3.05. The Labute approximate surface area is 250 Å². The molecule has 0 unspecified atom stereocenters. The number of hydrogen-bond acceptors (Lipinski definition) is 6. The highest BCUT2D eigenvalue weighted by molar-refractivity contribution is 5.50. The number of rotatable bonds is 15. The fourth-order valence-electron chi connectivity index (χ4n) is 5.27. The van der Waals surface area contributed by atoms with Crippen molar-refractivity contribution in [3.8, 4) is 34.5 Å². The summed E-state index contributed by atoms with van der Waals surface area (Å²) in [5.41, 5.74) is 7.52. The van der Waals surface area contributed by atoms with Gasteiger partial charge < -0.3 is 28.4 Å². The van der Waals surface area contributed by atoms with Crippen molar-refractivity contribution in [2.45, 2.75) is 38.5 Å². The van der Waals surface area contributed by atoms with Gasteiger partial charge >= 0.3 is 0 Å². The Kier molecular flexibility index (Phi) is 11.0. The number of hydrogen-bond donors (Lipinski definition) is 0. The first-order valence-electron chi connectivity index (χ1n) is 14.2. The van der Waals surface area contributed by atoms with Gasteiger partial charge in [-0.25, -0.2) is 0 Å². The highest BCUT2D eigenvalue weighted by Crippen LogP contribution is 2.35. The van der Waals surface area contributed by atoms with Crippen LogP contribution in [-0.4, -0.2) is 42.7 Å². The molecular formula is C36H42O6. The Morgan fingerprint density at radius 2 is 0.595 bits per heavy atom. The van der Waals surface area contributed by atoms with Gasteiger partial charge in [-0.1, -0.05) is 24.3 Å². The van der Waals surface area contributed by atoms with Crippen LogP contribution in [0.15, 0.2) is 72.8 Å². The van der Waals surface area contributed by atoms with Crippen LogP contribution in [0, 0.1) is 0 Å². The molecule has 222 valence electrons. The molecule has 0 aliphatic heterocycles. The molecule has 0 saturated carbocycles. The van der Waals surface area contributed by atoms with Gasteiger partial charge in [-0.2, -0.15) is 0 Å². The first-order chi connectivity index (χ1) is 20.5. The van der Waals surface area contributed by atoms with Gasteiger partial charge in [0.1, 0.15) is 11.5 Å². The molecule has 0 radical (unpaired) electrons. The predicted molar refractivity (Wildman–Crippen MR) is 167 cm³/mol. The Morgan fingerprint density at radius 3 is 0.833 bits per heavy atom. The van der Waals surface area contributed by atoms with E-state index < -0.39 is 0 Å². The van der Waals surface area contributed by atoms with Crippen LogP contribution in [0.2, 0.25) is 0 Å². The molecule has 0 atom stereocenters. The summed E-state index contributed by atoms with van der Waals surface area (Å²) >= 11 is 0. The topological polar surface area (TPSA) is 55.4 Å². The van der Waals surface area contributed by atoms with Gasteiger partial charge in [0.2, 0.25) is 0 Å². The molecule has 42 heavy (non-hydrogen) atoms. The van der Waals surface area contributed by atoms with E-state index in [1.807, 2.05) is 24.3 Å². The number of benzene rings is 4. The molecule has 0 aliphatic rings. The first-order valence-corrected chi connectivity index (χ1v) is 14.2. The van der Waals surface area contributed by atoms with E-state index in [0.29, 0.717) is 0 Å². The molecule has 0 N–H and O–H groups in total. The van der Waals surface area contributed by atoms with Crippen molar-refractivity contribution >= 4 is 0 Å². The monoisotopic (exact) mass is 570 g/mol. The van der Waals surface area contributed by atoms with Crippen molar-refractivity contribution < 1.29 is 28.4 Å². The molecular weight excluding hydrogens is 528 g/mol. The zero-order valence-electron chi connectivity index (χ0n) is 25.6. The van der Waals surface area contributed by atoms with E-state index in [0.717, 1.165) is 73.0 Å². The van der Waals surface area contributed by atoms with Crippen molar-refractivity contribution in [2.75, 3.05) is 42.7 Å². The van der Waals surface area contributed by atoms with E-state index in [1.165, 1.54) is 33.4 Å². The number of aryl methyl sites for hydroxylation is 6. The molecule has 4 aromatic carbocycles. The minimum atomic E-state index is 0.743. The van der Waals surface area contributed by atoms with Crippen LogP contribution in [-0.2, 0) is 38.5 Å². The maximum absolute atomic E-state index is 5.68. The fourth-order valence-corrected chi connectivity index (χ4v) is 5.27. The number of methoxy groups -OCH3 is 6. The van der Waals surface area contributed by atoms with Gasteiger partial charge in [0.15, 0.2) is 23.0 Å². The van der Waals surface area contributed by atoms with Crippen LogP contribution in [0.25, 0.3) is 0 Å². The van der Waals surface area contributed by atoms with Gasteiger partial charge in [0, 0.05) is 0 Å². The van der Waals surface area contributed by atoms with E-state index in [-0.39, 0.29) is 0 Å². The molecule has 0 amide bonds. The maximum atomic E-state index is 5.68.